The second kappa shape index (κ2) is 6.03. The number of pyridine rings is 1. The Labute approximate surface area is 128 Å². The van der Waals surface area contributed by atoms with Gasteiger partial charge in [-0.15, -0.1) is 11.3 Å². The number of aromatic nitrogens is 1. The highest BCUT2D eigenvalue weighted by Crippen LogP contribution is 2.27. The Balaban J connectivity index is 2.08. The number of hydrogen-bond donors (Lipinski definition) is 0. The minimum absolute atomic E-state index is 0.105. The molecule has 0 saturated heterocycles. The Morgan fingerprint density at radius 3 is 2.52 bits per heavy atom. The number of halogens is 4. The normalized spacial score (nSPS) is 11.5. The molecule has 0 fully saturated rings. The maximum Gasteiger partial charge on any atom is 0.433 e. The van der Waals surface area contributed by atoms with Crippen LogP contribution in [0.25, 0.3) is 0 Å². The third-order valence-electron chi connectivity index (χ3n) is 2.67. The summed E-state index contributed by atoms with van der Waals surface area (Å²) in [4.78, 5) is 17.6. The zero-order valence-electron chi connectivity index (χ0n) is 10.8. The molecule has 0 spiro atoms. The number of hydrogen-bond acceptors (Lipinski definition) is 3. The van der Waals surface area contributed by atoms with E-state index in [4.69, 9.17) is 11.6 Å². The summed E-state index contributed by atoms with van der Waals surface area (Å²) < 4.78 is 37.8. The monoisotopic (exact) mass is 334 g/mol. The van der Waals surface area contributed by atoms with E-state index in [1.165, 1.54) is 16.2 Å². The molecule has 0 radical (unpaired) electrons. The lowest BCUT2D eigenvalue weighted by Gasteiger charge is -2.16. The molecule has 2 aromatic heterocycles. The van der Waals surface area contributed by atoms with Gasteiger partial charge < -0.3 is 4.90 Å². The first-order valence-corrected chi connectivity index (χ1v) is 7.00. The molecule has 0 atom stereocenters. The number of thiophene rings is 1. The zero-order chi connectivity index (χ0) is 15.6. The van der Waals surface area contributed by atoms with Crippen molar-refractivity contribution in [3.63, 3.8) is 0 Å². The van der Waals surface area contributed by atoms with E-state index in [-0.39, 0.29) is 5.56 Å². The van der Waals surface area contributed by atoms with Crippen molar-refractivity contribution in [1.82, 2.24) is 9.88 Å². The van der Waals surface area contributed by atoms with Gasteiger partial charge in [0.1, 0.15) is 5.69 Å². The third-order valence-corrected chi connectivity index (χ3v) is 3.89. The van der Waals surface area contributed by atoms with Crippen molar-refractivity contribution < 1.29 is 18.0 Å². The number of carbonyl (C=O) groups is 1. The van der Waals surface area contributed by atoms with Crippen LogP contribution in [0.15, 0.2) is 30.5 Å². The molecule has 2 heterocycles. The molecule has 0 aromatic carbocycles. The first kappa shape index (κ1) is 15.8. The topological polar surface area (TPSA) is 33.2 Å². The Morgan fingerprint density at radius 2 is 2.05 bits per heavy atom. The van der Waals surface area contributed by atoms with Crippen LogP contribution in [0.2, 0.25) is 4.34 Å². The van der Waals surface area contributed by atoms with Crippen molar-refractivity contribution >= 4 is 28.8 Å². The summed E-state index contributed by atoms with van der Waals surface area (Å²) in [5.74, 6) is -0.402. The van der Waals surface area contributed by atoms with E-state index in [1.807, 2.05) is 0 Å². The summed E-state index contributed by atoms with van der Waals surface area (Å²) in [6.45, 7) is 0.331. The molecule has 112 valence electrons. The van der Waals surface area contributed by atoms with Crippen LogP contribution in [0.4, 0.5) is 13.2 Å². The second-order valence-corrected chi connectivity index (χ2v) is 6.10. The second-order valence-electron chi connectivity index (χ2n) is 4.30. The molecular formula is C13H10ClF3N2OS. The molecule has 0 aliphatic heterocycles. The predicted octanol–water partition coefficient (Wildman–Crippen LogP) is 4.09. The van der Waals surface area contributed by atoms with Crippen LogP contribution >= 0.6 is 22.9 Å². The van der Waals surface area contributed by atoms with Gasteiger partial charge in [-0.3, -0.25) is 9.78 Å². The summed E-state index contributed by atoms with van der Waals surface area (Å²) in [5, 5.41) is 0. The van der Waals surface area contributed by atoms with Crippen molar-refractivity contribution in [3.8, 4) is 0 Å². The highest BCUT2D eigenvalue weighted by atomic mass is 35.5. The van der Waals surface area contributed by atoms with E-state index >= 15 is 0 Å². The fourth-order valence-corrected chi connectivity index (χ4v) is 2.79. The standard InChI is InChI=1S/C13H10ClF3N2OS/c1-19(7-9-3-5-11(14)21-9)12(20)8-2-4-10(18-6-8)13(15,16)17/h2-6H,7H2,1H3. The van der Waals surface area contributed by atoms with Gasteiger partial charge in [0.2, 0.25) is 0 Å². The minimum Gasteiger partial charge on any atom is -0.337 e. The highest BCUT2D eigenvalue weighted by molar-refractivity contribution is 7.16. The van der Waals surface area contributed by atoms with Gasteiger partial charge in [-0.1, -0.05) is 11.6 Å². The molecule has 0 aliphatic carbocycles. The van der Waals surface area contributed by atoms with Gasteiger partial charge in [-0.25, -0.2) is 0 Å². The maximum absolute atomic E-state index is 12.4. The van der Waals surface area contributed by atoms with Gasteiger partial charge in [-0.2, -0.15) is 13.2 Å². The Kier molecular flexibility index (Phi) is 4.53. The molecule has 21 heavy (non-hydrogen) atoms. The molecule has 2 rings (SSSR count). The molecule has 0 bridgehead atoms. The molecule has 8 heteroatoms. The summed E-state index contributed by atoms with van der Waals surface area (Å²) in [7, 11) is 1.56. The van der Waals surface area contributed by atoms with Crippen molar-refractivity contribution in [2.45, 2.75) is 12.7 Å². The van der Waals surface area contributed by atoms with Crippen LogP contribution in [0, 0.1) is 0 Å². The van der Waals surface area contributed by atoms with Crippen LogP contribution in [0.3, 0.4) is 0 Å². The van der Waals surface area contributed by atoms with Crippen LogP contribution < -0.4 is 0 Å². The zero-order valence-corrected chi connectivity index (χ0v) is 12.4. The van der Waals surface area contributed by atoms with Crippen LogP contribution in [0.5, 0.6) is 0 Å². The highest BCUT2D eigenvalue weighted by Gasteiger charge is 2.32. The van der Waals surface area contributed by atoms with Crippen LogP contribution in [-0.2, 0) is 12.7 Å². The lowest BCUT2D eigenvalue weighted by atomic mass is 10.2. The summed E-state index contributed by atoms with van der Waals surface area (Å²) >= 11 is 7.14. The lowest BCUT2D eigenvalue weighted by Crippen LogP contribution is -2.26. The Hall–Kier alpha value is -1.60. The first-order chi connectivity index (χ1) is 9.77. The molecule has 0 saturated carbocycles. The minimum atomic E-state index is -4.51. The van der Waals surface area contributed by atoms with E-state index in [9.17, 15) is 18.0 Å². The van der Waals surface area contributed by atoms with Gasteiger partial charge in [0.25, 0.3) is 5.91 Å². The smallest absolute Gasteiger partial charge is 0.337 e. The van der Waals surface area contributed by atoms with E-state index in [0.717, 1.165) is 23.2 Å². The van der Waals surface area contributed by atoms with E-state index < -0.39 is 17.8 Å². The van der Waals surface area contributed by atoms with Crippen LogP contribution in [-0.4, -0.2) is 22.8 Å². The van der Waals surface area contributed by atoms with Crippen molar-refractivity contribution in [2.75, 3.05) is 7.05 Å². The molecule has 0 unspecified atom stereocenters. The van der Waals surface area contributed by atoms with Crippen LogP contribution in [0.1, 0.15) is 20.9 Å². The SMILES string of the molecule is CN(Cc1ccc(Cl)s1)C(=O)c1ccc(C(F)(F)F)nc1. The largest absolute Gasteiger partial charge is 0.433 e. The molecule has 0 N–H and O–H groups in total. The van der Waals surface area contributed by atoms with Gasteiger partial charge in [-0.05, 0) is 24.3 Å². The first-order valence-electron chi connectivity index (χ1n) is 5.80. The quantitative estimate of drug-likeness (QED) is 0.847. The molecular weight excluding hydrogens is 325 g/mol. The van der Waals surface area contributed by atoms with Crippen molar-refractivity contribution in [2.24, 2.45) is 0 Å². The van der Waals surface area contributed by atoms with Crippen molar-refractivity contribution in [3.05, 3.63) is 50.9 Å². The van der Waals surface area contributed by atoms with E-state index in [0.29, 0.717) is 10.9 Å². The average Bonchev–Trinajstić information content (AvgIpc) is 2.82. The van der Waals surface area contributed by atoms with Crippen molar-refractivity contribution in [1.29, 1.82) is 0 Å². The predicted molar refractivity (Wildman–Crippen MR) is 74.4 cm³/mol. The third kappa shape index (κ3) is 3.95. The summed E-state index contributed by atoms with van der Waals surface area (Å²) in [6.07, 6.45) is -3.58. The summed E-state index contributed by atoms with van der Waals surface area (Å²) in [6, 6.07) is 5.43. The summed E-state index contributed by atoms with van der Waals surface area (Å²) in [5.41, 5.74) is -0.917. The molecule has 2 aromatic rings. The Morgan fingerprint density at radius 1 is 1.33 bits per heavy atom. The van der Waals surface area contributed by atoms with Gasteiger partial charge in [0, 0.05) is 18.1 Å². The number of carbonyl (C=O) groups excluding carboxylic acids is 1. The lowest BCUT2D eigenvalue weighted by molar-refractivity contribution is -0.141. The maximum atomic E-state index is 12.4. The fourth-order valence-electron chi connectivity index (χ4n) is 1.65. The van der Waals surface area contributed by atoms with E-state index in [2.05, 4.69) is 4.98 Å². The number of amides is 1. The van der Waals surface area contributed by atoms with Gasteiger partial charge >= 0.3 is 6.18 Å². The number of rotatable bonds is 3. The average molecular weight is 335 g/mol. The Bertz CT molecular complexity index is 640. The van der Waals surface area contributed by atoms with E-state index in [1.54, 1.807) is 19.2 Å². The molecule has 1 amide bonds. The van der Waals surface area contributed by atoms with Gasteiger partial charge in [0.05, 0.1) is 16.4 Å². The number of nitrogens with zero attached hydrogens (tertiary/aromatic N) is 2. The van der Waals surface area contributed by atoms with Gasteiger partial charge in [0.15, 0.2) is 0 Å². The number of alkyl halides is 3. The molecule has 3 nitrogen and oxygen atoms in total. The molecule has 0 aliphatic rings. The fraction of sp³-hybridized carbons (Fsp3) is 0.231.